The molecule has 0 amide bonds. The van der Waals surface area contributed by atoms with Crippen molar-refractivity contribution in [2.45, 2.75) is 31.0 Å². The van der Waals surface area contributed by atoms with E-state index >= 15 is 0 Å². The van der Waals surface area contributed by atoms with Crippen molar-refractivity contribution in [3.05, 3.63) is 12.4 Å². The SMILES string of the molecule is C=C1N=C(N)C=NN1C1OC(CCP(=C)(C)C)C(O)C1O. The lowest BCUT2D eigenvalue weighted by Gasteiger charge is -2.28. The highest BCUT2D eigenvalue weighted by molar-refractivity contribution is 7.72. The van der Waals surface area contributed by atoms with Crippen LogP contribution in [0.15, 0.2) is 22.5 Å². The number of amidine groups is 1. The molecule has 1 fully saturated rings. The van der Waals surface area contributed by atoms with Gasteiger partial charge in [-0.15, -0.1) is 13.2 Å². The van der Waals surface area contributed by atoms with Gasteiger partial charge in [0.2, 0.25) is 0 Å². The van der Waals surface area contributed by atoms with Crippen LogP contribution in [-0.4, -0.2) is 77.6 Å². The normalized spacial score (nSPS) is 33.4. The molecule has 4 unspecified atom stereocenters. The second-order valence-corrected chi connectivity index (χ2v) is 10.4. The summed E-state index contributed by atoms with van der Waals surface area (Å²) in [7, 11) is 0. The average Bonchev–Trinajstić information content (AvgIpc) is 2.64. The van der Waals surface area contributed by atoms with Gasteiger partial charge in [0.05, 0.1) is 12.3 Å². The van der Waals surface area contributed by atoms with Crippen LogP contribution < -0.4 is 5.73 Å². The third kappa shape index (κ3) is 3.74. The summed E-state index contributed by atoms with van der Waals surface area (Å²) >= 11 is 0. The Kier molecular flexibility index (Phi) is 4.58. The Hall–Kier alpha value is -1.14. The van der Waals surface area contributed by atoms with E-state index < -0.39 is 31.4 Å². The second kappa shape index (κ2) is 5.93. The minimum atomic E-state index is -1.21. The van der Waals surface area contributed by atoms with Crippen LogP contribution in [0.5, 0.6) is 0 Å². The fraction of sp³-hybridized carbons (Fsp3) is 0.615. The van der Waals surface area contributed by atoms with Crippen LogP contribution >= 0.6 is 6.89 Å². The van der Waals surface area contributed by atoms with Gasteiger partial charge >= 0.3 is 0 Å². The summed E-state index contributed by atoms with van der Waals surface area (Å²) in [6, 6.07) is 0. The van der Waals surface area contributed by atoms with Gasteiger partial charge in [0.1, 0.15) is 23.9 Å². The summed E-state index contributed by atoms with van der Waals surface area (Å²) in [4.78, 5) is 3.98. The number of hydrogen-bond acceptors (Lipinski definition) is 7. The molecule has 4 N–H and O–H groups in total. The Morgan fingerprint density at radius 3 is 2.67 bits per heavy atom. The van der Waals surface area contributed by atoms with E-state index in [-0.39, 0.29) is 11.7 Å². The van der Waals surface area contributed by atoms with Gasteiger partial charge in [-0.2, -0.15) is 5.10 Å². The number of rotatable bonds is 4. The van der Waals surface area contributed by atoms with Gasteiger partial charge in [-0.25, -0.2) is 10.0 Å². The van der Waals surface area contributed by atoms with Gasteiger partial charge < -0.3 is 20.7 Å². The molecule has 0 saturated carbocycles. The van der Waals surface area contributed by atoms with Crippen molar-refractivity contribution in [2.75, 3.05) is 19.5 Å². The molecule has 1 saturated heterocycles. The minimum absolute atomic E-state index is 0.240. The maximum atomic E-state index is 10.2. The third-order valence-corrected chi connectivity index (χ3v) is 4.90. The van der Waals surface area contributed by atoms with Crippen LogP contribution in [0.2, 0.25) is 0 Å². The van der Waals surface area contributed by atoms with Crippen molar-refractivity contribution in [2.24, 2.45) is 15.8 Å². The minimum Gasteiger partial charge on any atom is -0.388 e. The second-order valence-electron chi connectivity index (χ2n) is 6.04. The lowest BCUT2D eigenvalue weighted by molar-refractivity contribution is -0.0749. The molecule has 7 nitrogen and oxygen atoms in total. The molecule has 118 valence electrons. The number of nitrogens with two attached hydrogens (primary N) is 1. The highest BCUT2D eigenvalue weighted by atomic mass is 31.2. The van der Waals surface area contributed by atoms with Crippen molar-refractivity contribution in [1.82, 2.24) is 5.01 Å². The van der Waals surface area contributed by atoms with E-state index in [0.717, 1.165) is 6.16 Å². The fourth-order valence-electron chi connectivity index (χ4n) is 2.28. The molecule has 0 spiro atoms. The van der Waals surface area contributed by atoms with Gasteiger partial charge in [0.15, 0.2) is 6.23 Å². The summed E-state index contributed by atoms with van der Waals surface area (Å²) in [5.41, 5.74) is 5.53. The first-order valence-corrected chi connectivity index (χ1v) is 9.79. The zero-order chi connectivity index (χ0) is 15.8. The first-order chi connectivity index (χ1) is 9.69. The van der Waals surface area contributed by atoms with Gasteiger partial charge in [-0.1, -0.05) is 6.58 Å². The highest BCUT2D eigenvalue weighted by Gasteiger charge is 2.46. The Bertz CT molecular complexity index is 528. The zero-order valence-electron chi connectivity index (χ0n) is 12.4. The summed E-state index contributed by atoms with van der Waals surface area (Å²) < 4.78 is 5.76. The van der Waals surface area contributed by atoms with Gasteiger partial charge in [0.25, 0.3) is 0 Å². The molecule has 0 aromatic carbocycles. The monoisotopic (exact) mass is 314 g/mol. The van der Waals surface area contributed by atoms with Gasteiger partial charge in [-0.05, 0) is 25.9 Å². The topological polar surface area (TPSA) is 104 Å². The average molecular weight is 314 g/mol. The van der Waals surface area contributed by atoms with Crippen molar-refractivity contribution in [3.63, 3.8) is 0 Å². The largest absolute Gasteiger partial charge is 0.388 e. The molecular weight excluding hydrogens is 291 g/mol. The standard InChI is InChI=1S/C13H23N4O3P/c1-8-16-10(14)7-15-17(8)13-12(19)11(18)9(20-13)5-6-21(2,3)4/h7,9,11-13,18-19H,1-2,5-6H2,3-4H3,(H2,14,16). The molecular formula is C13H23N4O3P. The Morgan fingerprint density at radius 2 is 2.10 bits per heavy atom. The zero-order valence-corrected chi connectivity index (χ0v) is 13.3. The van der Waals surface area contributed by atoms with E-state index in [1.54, 1.807) is 0 Å². The number of hydrazone groups is 1. The number of ether oxygens (including phenoxy) is 1. The van der Waals surface area contributed by atoms with E-state index in [9.17, 15) is 10.2 Å². The van der Waals surface area contributed by atoms with Gasteiger partial charge in [0, 0.05) is 0 Å². The van der Waals surface area contributed by atoms with Crippen molar-refractivity contribution in [1.29, 1.82) is 0 Å². The maximum absolute atomic E-state index is 10.2. The van der Waals surface area contributed by atoms with Crippen LogP contribution in [0, 0.1) is 0 Å². The molecule has 2 aliphatic rings. The summed E-state index contributed by atoms with van der Waals surface area (Å²) in [5.74, 6) is 0.515. The van der Waals surface area contributed by atoms with Crippen molar-refractivity contribution >= 4 is 25.2 Å². The van der Waals surface area contributed by atoms with E-state index in [0.29, 0.717) is 6.42 Å². The first kappa shape index (κ1) is 16.2. The molecule has 2 heterocycles. The predicted molar refractivity (Wildman–Crippen MR) is 87.1 cm³/mol. The molecule has 0 bridgehead atoms. The Balaban J connectivity index is 2.05. The van der Waals surface area contributed by atoms with Crippen molar-refractivity contribution in [3.8, 4) is 0 Å². The highest BCUT2D eigenvalue weighted by Crippen LogP contribution is 2.38. The molecule has 2 aliphatic heterocycles. The van der Waals surface area contributed by atoms with Crippen molar-refractivity contribution < 1.29 is 14.9 Å². The van der Waals surface area contributed by atoms with Crippen LogP contribution in [0.3, 0.4) is 0 Å². The first-order valence-electron chi connectivity index (χ1n) is 6.74. The number of aliphatic hydroxyl groups is 2. The summed E-state index contributed by atoms with van der Waals surface area (Å²) in [6.45, 7) is 6.76. The van der Waals surface area contributed by atoms with Crippen LogP contribution in [0.25, 0.3) is 0 Å². The van der Waals surface area contributed by atoms with E-state index in [2.05, 4.69) is 36.3 Å². The Morgan fingerprint density at radius 1 is 1.43 bits per heavy atom. The molecule has 0 aromatic heterocycles. The summed E-state index contributed by atoms with van der Waals surface area (Å²) in [5, 5.41) is 25.7. The smallest absolute Gasteiger partial charge is 0.181 e. The van der Waals surface area contributed by atoms with Crippen LogP contribution in [-0.2, 0) is 4.74 Å². The Labute approximate surface area is 124 Å². The summed E-state index contributed by atoms with van der Waals surface area (Å²) in [6.07, 6.45) is 3.72. The van der Waals surface area contributed by atoms with E-state index in [4.69, 9.17) is 10.5 Å². The quantitative estimate of drug-likeness (QED) is 0.616. The molecule has 0 aliphatic carbocycles. The third-order valence-electron chi connectivity index (χ3n) is 3.43. The lowest BCUT2D eigenvalue weighted by atomic mass is 10.1. The number of nitrogens with zero attached hydrogens (tertiary/aromatic N) is 3. The molecule has 0 aromatic rings. The van der Waals surface area contributed by atoms with Gasteiger partial charge in [-0.3, -0.25) is 0 Å². The van der Waals surface area contributed by atoms with Crippen LogP contribution in [0.4, 0.5) is 0 Å². The number of aliphatic hydroxyl groups excluding tert-OH is 2. The number of hydrogen-bond donors (Lipinski definition) is 3. The molecule has 0 radical (unpaired) electrons. The predicted octanol–water partition coefficient (Wildman–Crippen LogP) is -0.338. The lowest BCUT2D eigenvalue weighted by Crippen LogP contribution is -2.42. The molecule has 2 rings (SSSR count). The maximum Gasteiger partial charge on any atom is 0.181 e. The van der Waals surface area contributed by atoms with Crippen LogP contribution in [0.1, 0.15) is 6.42 Å². The van der Waals surface area contributed by atoms with E-state index in [1.807, 2.05) is 0 Å². The molecule has 8 heteroatoms. The molecule has 21 heavy (non-hydrogen) atoms. The molecule has 4 atom stereocenters. The fourth-order valence-corrected chi connectivity index (χ4v) is 3.23. The number of aliphatic imine (C=N–C) groups is 1. The van der Waals surface area contributed by atoms with E-state index in [1.165, 1.54) is 11.2 Å².